The molecule has 0 saturated heterocycles. The van der Waals surface area contributed by atoms with E-state index in [4.69, 9.17) is 29.0 Å². The first-order valence-corrected chi connectivity index (χ1v) is 12.8. The van der Waals surface area contributed by atoms with Crippen LogP contribution in [0.5, 0.6) is 28.7 Å². The molecule has 0 bridgehead atoms. The smallest absolute Gasteiger partial charge is 0.486 e. The third-order valence-electron chi connectivity index (χ3n) is 5.70. The molecule has 1 N–H and O–H groups in total. The third-order valence-corrected chi connectivity index (χ3v) is 6.77. The number of benzene rings is 3. The van der Waals surface area contributed by atoms with Gasteiger partial charge in [-0.1, -0.05) is 0 Å². The number of aliphatic carboxylic acids is 1. The zero-order chi connectivity index (χ0) is 28.3. The Hall–Kier alpha value is -4.45. The maximum Gasteiger partial charge on any atom is 0.573 e. The highest BCUT2D eigenvalue weighted by Gasteiger charge is 2.31. The molecule has 0 aliphatic carbocycles. The van der Waals surface area contributed by atoms with E-state index in [-0.39, 0.29) is 12.4 Å². The average molecular weight is 574 g/mol. The van der Waals surface area contributed by atoms with Crippen LogP contribution < -0.4 is 23.7 Å². The first-order chi connectivity index (χ1) is 19.1. The van der Waals surface area contributed by atoms with Crippen molar-refractivity contribution in [1.82, 2.24) is 4.98 Å². The molecular weight excluding hydrogens is 551 g/mol. The SMILES string of the molecule is Cc1cc(OCc2nc(-c3ccc4c(c3)OCCO4)c(-c3ccc(OC(F)(F)F)cc3)s2)ccc1OCC(=O)O. The molecule has 12 heteroatoms. The number of hydrogen-bond acceptors (Lipinski definition) is 8. The van der Waals surface area contributed by atoms with Crippen LogP contribution in [0.3, 0.4) is 0 Å². The fourth-order valence-electron chi connectivity index (χ4n) is 3.97. The lowest BCUT2D eigenvalue weighted by atomic mass is 10.1. The number of fused-ring (bicyclic) bond motifs is 1. The molecule has 0 unspecified atom stereocenters. The van der Waals surface area contributed by atoms with Gasteiger partial charge in [0.2, 0.25) is 0 Å². The van der Waals surface area contributed by atoms with E-state index >= 15 is 0 Å². The quantitative estimate of drug-likeness (QED) is 0.243. The number of aromatic nitrogens is 1. The van der Waals surface area contributed by atoms with Crippen molar-refractivity contribution < 1.29 is 46.8 Å². The van der Waals surface area contributed by atoms with Crippen LogP contribution in [-0.4, -0.2) is 42.2 Å². The highest BCUT2D eigenvalue weighted by Crippen LogP contribution is 2.41. The molecule has 0 amide bonds. The van der Waals surface area contributed by atoms with Crippen molar-refractivity contribution in [2.24, 2.45) is 0 Å². The molecule has 3 aromatic carbocycles. The summed E-state index contributed by atoms with van der Waals surface area (Å²) in [7, 11) is 0. The van der Waals surface area contributed by atoms with E-state index in [1.807, 2.05) is 12.1 Å². The fraction of sp³-hybridized carbons (Fsp3) is 0.214. The number of alkyl halides is 3. The van der Waals surface area contributed by atoms with Crippen LogP contribution in [0.2, 0.25) is 0 Å². The van der Waals surface area contributed by atoms with E-state index in [9.17, 15) is 18.0 Å². The summed E-state index contributed by atoms with van der Waals surface area (Å²) >= 11 is 1.34. The molecule has 0 radical (unpaired) electrons. The predicted octanol–water partition coefficient (Wildman–Crippen LogP) is 6.50. The predicted molar refractivity (Wildman–Crippen MR) is 139 cm³/mol. The van der Waals surface area contributed by atoms with Crippen LogP contribution in [0.1, 0.15) is 10.6 Å². The van der Waals surface area contributed by atoms with Crippen molar-refractivity contribution in [1.29, 1.82) is 0 Å². The molecule has 208 valence electrons. The van der Waals surface area contributed by atoms with Gasteiger partial charge in [0.1, 0.15) is 42.1 Å². The molecule has 4 aromatic rings. The van der Waals surface area contributed by atoms with E-state index in [1.165, 1.54) is 23.5 Å². The lowest BCUT2D eigenvalue weighted by Crippen LogP contribution is -2.16. The van der Waals surface area contributed by atoms with Crippen molar-refractivity contribution in [2.75, 3.05) is 19.8 Å². The van der Waals surface area contributed by atoms with Crippen molar-refractivity contribution in [3.8, 4) is 50.4 Å². The normalized spacial score (nSPS) is 12.6. The first kappa shape index (κ1) is 27.1. The number of thiazole rings is 1. The van der Waals surface area contributed by atoms with Gasteiger partial charge in [0.15, 0.2) is 18.1 Å². The van der Waals surface area contributed by atoms with Crippen molar-refractivity contribution in [2.45, 2.75) is 19.9 Å². The second-order valence-corrected chi connectivity index (χ2v) is 9.70. The minimum Gasteiger partial charge on any atom is -0.486 e. The maximum absolute atomic E-state index is 12.6. The zero-order valence-corrected chi connectivity index (χ0v) is 21.8. The standard InChI is InChI=1S/C28H22F3NO7S/c1-16-12-20(7-9-21(16)38-15-25(33)34)37-14-24-32-26(18-4-8-22-23(13-18)36-11-10-35-22)27(40-24)17-2-5-19(6-3-17)39-28(29,30)31/h2-9,12-13H,10-11,14-15H2,1H3,(H,33,34). The zero-order valence-electron chi connectivity index (χ0n) is 21.0. The summed E-state index contributed by atoms with van der Waals surface area (Å²) in [6.07, 6.45) is -4.79. The van der Waals surface area contributed by atoms with Gasteiger partial charge in [-0.25, -0.2) is 9.78 Å². The number of carboxylic acid groups (broad SMARTS) is 1. The molecule has 0 spiro atoms. The van der Waals surface area contributed by atoms with E-state index in [2.05, 4.69) is 4.74 Å². The summed E-state index contributed by atoms with van der Waals surface area (Å²) in [6.45, 7) is 2.31. The van der Waals surface area contributed by atoms with Gasteiger partial charge in [-0.3, -0.25) is 0 Å². The van der Waals surface area contributed by atoms with Gasteiger partial charge in [0, 0.05) is 5.56 Å². The Balaban J connectivity index is 1.42. The molecule has 1 aliphatic heterocycles. The summed E-state index contributed by atoms with van der Waals surface area (Å²) in [6, 6.07) is 16.1. The Morgan fingerprint density at radius 2 is 1.65 bits per heavy atom. The highest BCUT2D eigenvalue weighted by atomic mass is 32.1. The van der Waals surface area contributed by atoms with Gasteiger partial charge in [-0.2, -0.15) is 0 Å². The lowest BCUT2D eigenvalue weighted by molar-refractivity contribution is -0.274. The molecule has 1 aromatic heterocycles. The van der Waals surface area contributed by atoms with Crippen molar-refractivity contribution >= 4 is 17.3 Å². The van der Waals surface area contributed by atoms with E-state index in [1.54, 1.807) is 43.3 Å². The molecule has 0 atom stereocenters. The molecule has 0 saturated carbocycles. The Labute approximate surface area is 230 Å². The van der Waals surface area contributed by atoms with Gasteiger partial charge in [0.05, 0.1) is 10.6 Å². The minimum absolute atomic E-state index is 0.117. The van der Waals surface area contributed by atoms with Crippen molar-refractivity contribution in [3.05, 3.63) is 71.2 Å². The highest BCUT2D eigenvalue weighted by molar-refractivity contribution is 7.15. The van der Waals surface area contributed by atoms with Crippen LogP contribution in [0, 0.1) is 6.92 Å². The Morgan fingerprint density at radius 3 is 2.35 bits per heavy atom. The van der Waals surface area contributed by atoms with Crippen LogP contribution in [0.4, 0.5) is 13.2 Å². The second-order valence-electron chi connectivity index (χ2n) is 8.61. The number of carboxylic acids is 1. The van der Waals surface area contributed by atoms with E-state index < -0.39 is 18.9 Å². The lowest BCUT2D eigenvalue weighted by Gasteiger charge is -2.18. The Morgan fingerprint density at radius 1 is 0.950 bits per heavy atom. The van der Waals surface area contributed by atoms with Gasteiger partial charge in [-0.15, -0.1) is 24.5 Å². The number of carbonyl (C=O) groups is 1. The van der Waals surface area contributed by atoms with Gasteiger partial charge < -0.3 is 28.8 Å². The number of ether oxygens (including phenoxy) is 5. The third kappa shape index (κ3) is 6.57. The van der Waals surface area contributed by atoms with Crippen LogP contribution >= 0.6 is 11.3 Å². The number of hydrogen-bond donors (Lipinski definition) is 1. The topological polar surface area (TPSA) is 96.3 Å². The molecular formula is C28H22F3NO7S. The number of aryl methyl sites for hydroxylation is 1. The van der Waals surface area contributed by atoms with Crippen LogP contribution in [0.25, 0.3) is 21.7 Å². The number of rotatable bonds is 9. The molecule has 5 rings (SSSR count). The largest absolute Gasteiger partial charge is 0.573 e. The molecule has 0 fully saturated rings. The molecule has 1 aliphatic rings. The summed E-state index contributed by atoms with van der Waals surface area (Å²) in [5, 5.41) is 9.44. The molecule has 40 heavy (non-hydrogen) atoms. The Kier molecular flexibility index (Phi) is 7.69. The Bertz CT molecular complexity index is 1520. The summed E-state index contributed by atoms with van der Waals surface area (Å²) in [4.78, 5) is 16.3. The molecule has 8 nitrogen and oxygen atoms in total. The summed E-state index contributed by atoms with van der Waals surface area (Å²) < 4.78 is 64.4. The van der Waals surface area contributed by atoms with Crippen molar-refractivity contribution in [3.63, 3.8) is 0 Å². The second kappa shape index (κ2) is 11.3. The van der Waals surface area contributed by atoms with Crippen LogP contribution in [0.15, 0.2) is 60.7 Å². The van der Waals surface area contributed by atoms with Gasteiger partial charge in [-0.05, 0) is 78.7 Å². The monoisotopic (exact) mass is 573 g/mol. The number of nitrogens with zero attached hydrogens (tertiary/aromatic N) is 1. The van der Waals surface area contributed by atoms with Gasteiger partial charge >= 0.3 is 12.3 Å². The maximum atomic E-state index is 12.6. The van der Waals surface area contributed by atoms with E-state index in [0.717, 1.165) is 10.4 Å². The first-order valence-electron chi connectivity index (χ1n) is 12.0. The van der Waals surface area contributed by atoms with Crippen LogP contribution in [-0.2, 0) is 11.4 Å². The van der Waals surface area contributed by atoms with E-state index in [0.29, 0.717) is 58.0 Å². The average Bonchev–Trinajstić information content (AvgIpc) is 3.35. The minimum atomic E-state index is -4.79. The fourth-order valence-corrected chi connectivity index (χ4v) is 4.98. The summed E-state index contributed by atoms with van der Waals surface area (Å²) in [5.41, 5.74) is 2.71. The summed E-state index contributed by atoms with van der Waals surface area (Å²) in [5.74, 6) is 0.772. The molecule has 2 heterocycles. The van der Waals surface area contributed by atoms with Gasteiger partial charge in [0.25, 0.3) is 0 Å². The number of halogens is 3.